The Morgan fingerprint density at radius 3 is 2.43 bits per heavy atom. The summed E-state index contributed by atoms with van der Waals surface area (Å²) in [7, 11) is -2.91. The number of hydrogen-bond acceptors (Lipinski definition) is 3. The van der Waals surface area contributed by atoms with Gasteiger partial charge in [0.05, 0.1) is 5.25 Å². The van der Waals surface area contributed by atoms with Crippen molar-refractivity contribution in [2.24, 2.45) is 17.6 Å². The third-order valence-corrected chi connectivity index (χ3v) is 5.14. The van der Waals surface area contributed by atoms with Crippen molar-refractivity contribution in [1.82, 2.24) is 0 Å². The van der Waals surface area contributed by atoms with Gasteiger partial charge < -0.3 is 5.73 Å². The normalized spacial score (nSPS) is 34.4. The monoisotopic (exact) mass is 219 g/mol. The highest BCUT2D eigenvalue weighted by molar-refractivity contribution is 7.91. The van der Waals surface area contributed by atoms with Crippen molar-refractivity contribution in [3.8, 4) is 0 Å². The van der Waals surface area contributed by atoms with E-state index in [0.717, 1.165) is 25.7 Å². The predicted molar refractivity (Wildman–Crippen MR) is 58.8 cm³/mol. The zero-order valence-corrected chi connectivity index (χ0v) is 9.89. The van der Waals surface area contributed by atoms with Gasteiger partial charge in [-0.1, -0.05) is 19.8 Å². The molecule has 0 aromatic rings. The van der Waals surface area contributed by atoms with Crippen LogP contribution in [0.3, 0.4) is 0 Å². The zero-order valence-electron chi connectivity index (χ0n) is 9.07. The van der Waals surface area contributed by atoms with E-state index in [-0.39, 0.29) is 11.2 Å². The van der Waals surface area contributed by atoms with E-state index in [2.05, 4.69) is 6.92 Å². The van der Waals surface area contributed by atoms with Crippen molar-refractivity contribution in [1.29, 1.82) is 0 Å². The average molecular weight is 219 g/mol. The second kappa shape index (κ2) is 4.62. The van der Waals surface area contributed by atoms with Crippen LogP contribution in [-0.2, 0) is 9.84 Å². The van der Waals surface area contributed by atoms with Crippen LogP contribution in [0.4, 0.5) is 0 Å². The zero-order chi connectivity index (χ0) is 10.8. The molecule has 0 amide bonds. The third-order valence-electron chi connectivity index (χ3n) is 3.47. The number of nitrogens with two attached hydrogens (primary N) is 1. The fourth-order valence-electron chi connectivity index (χ4n) is 2.44. The van der Waals surface area contributed by atoms with Crippen molar-refractivity contribution < 1.29 is 8.42 Å². The van der Waals surface area contributed by atoms with E-state index >= 15 is 0 Å². The van der Waals surface area contributed by atoms with E-state index in [1.165, 1.54) is 6.26 Å². The van der Waals surface area contributed by atoms with Crippen molar-refractivity contribution >= 4 is 9.84 Å². The van der Waals surface area contributed by atoms with E-state index in [1.54, 1.807) is 0 Å². The van der Waals surface area contributed by atoms with E-state index in [4.69, 9.17) is 5.73 Å². The quantitative estimate of drug-likeness (QED) is 0.775. The number of hydrogen-bond donors (Lipinski definition) is 1. The number of rotatable bonds is 3. The molecule has 14 heavy (non-hydrogen) atoms. The van der Waals surface area contributed by atoms with E-state index in [9.17, 15) is 8.42 Å². The minimum Gasteiger partial charge on any atom is -0.330 e. The van der Waals surface area contributed by atoms with Crippen LogP contribution in [-0.4, -0.2) is 26.5 Å². The lowest BCUT2D eigenvalue weighted by molar-refractivity contribution is 0.276. The molecule has 0 heterocycles. The van der Waals surface area contributed by atoms with Gasteiger partial charge in [-0.25, -0.2) is 8.42 Å². The molecule has 3 unspecified atom stereocenters. The Morgan fingerprint density at radius 1 is 1.36 bits per heavy atom. The Balaban J connectivity index is 2.76. The van der Waals surface area contributed by atoms with Crippen LogP contribution in [0.5, 0.6) is 0 Å². The molecule has 0 aliphatic heterocycles. The maximum absolute atomic E-state index is 11.6. The highest BCUT2D eigenvalue weighted by Crippen LogP contribution is 2.34. The van der Waals surface area contributed by atoms with Gasteiger partial charge in [-0.3, -0.25) is 0 Å². The summed E-state index contributed by atoms with van der Waals surface area (Å²) < 4.78 is 23.1. The van der Waals surface area contributed by atoms with Crippen molar-refractivity contribution in [2.75, 3.05) is 12.8 Å². The molecule has 0 radical (unpaired) electrons. The third kappa shape index (κ3) is 2.70. The minimum atomic E-state index is -2.91. The molecular weight excluding hydrogens is 198 g/mol. The Hall–Kier alpha value is -0.0900. The Kier molecular flexibility index (Phi) is 3.95. The van der Waals surface area contributed by atoms with Crippen LogP contribution in [0.25, 0.3) is 0 Å². The smallest absolute Gasteiger partial charge is 0.150 e. The second-order valence-corrected chi connectivity index (χ2v) is 6.72. The standard InChI is InChI=1S/C10H21NO2S/c1-3-8-4-5-9(7-11)10(6-8)14(2,12)13/h8-10H,3-7,11H2,1-2H3. The van der Waals surface area contributed by atoms with Gasteiger partial charge in [0.15, 0.2) is 9.84 Å². The first-order chi connectivity index (χ1) is 6.49. The Morgan fingerprint density at radius 2 is 2.00 bits per heavy atom. The van der Waals surface area contributed by atoms with Gasteiger partial charge in [0, 0.05) is 6.26 Å². The van der Waals surface area contributed by atoms with Gasteiger partial charge >= 0.3 is 0 Å². The topological polar surface area (TPSA) is 60.2 Å². The molecule has 1 fully saturated rings. The summed E-state index contributed by atoms with van der Waals surface area (Å²) in [5.41, 5.74) is 5.61. The molecule has 2 N–H and O–H groups in total. The second-order valence-electron chi connectivity index (χ2n) is 4.45. The van der Waals surface area contributed by atoms with Crippen LogP contribution in [0.2, 0.25) is 0 Å². The molecule has 1 rings (SSSR count). The van der Waals surface area contributed by atoms with E-state index < -0.39 is 9.84 Å². The summed E-state index contributed by atoms with van der Waals surface area (Å²) in [6.45, 7) is 2.64. The molecule has 0 bridgehead atoms. The Bertz CT molecular complexity index is 274. The molecule has 0 saturated heterocycles. The summed E-state index contributed by atoms with van der Waals surface area (Å²) in [6.07, 6.45) is 5.37. The van der Waals surface area contributed by atoms with E-state index in [0.29, 0.717) is 12.5 Å². The molecule has 3 atom stereocenters. The summed E-state index contributed by atoms with van der Waals surface area (Å²) in [5, 5.41) is -0.189. The summed E-state index contributed by atoms with van der Waals surface area (Å²) >= 11 is 0. The van der Waals surface area contributed by atoms with Gasteiger partial charge in [0.1, 0.15) is 0 Å². The molecule has 4 heteroatoms. The number of sulfone groups is 1. The van der Waals surface area contributed by atoms with Crippen LogP contribution in [0.15, 0.2) is 0 Å². The molecule has 1 saturated carbocycles. The first kappa shape index (κ1) is 12.0. The van der Waals surface area contributed by atoms with E-state index in [1.807, 2.05) is 0 Å². The lowest BCUT2D eigenvalue weighted by atomic mass is 9.80. The maximum atomic E-state index is 11.6. The molecule has 0 aromatic carbocycles. The fraction of sp³-hybridized carbons (Fsp3) is 1.00. The van der Waals surface area contributed by atoms with Gasteiger partial charge in [-0.2, -0.15) is 0 Å². The molecule has 1 aliphatic rings. The highest BCUT2D eigenvalue weighted by Gasteiger charge is 2.35. The van der Waals surface area contributed by atoms with Crippen molar-refractivity contribution in [2.45, 2.75) is 37.9 Å². The molecule has 84 valence electrons. The van der Waals surface area contributed by atoms with Crippen LogP contribution >= 0.6 is 0 Å². The predicted octanol–water partition coefficient (Wildman–Crippen LogP) is 1.18. The summed E-state index contributed by atoms with van der Waals surface area (Å²) in [6, 6.07) is 0. The summed E-state index contributed by atoms with van der Waals surface area (Å²) in [4.78, 5) is 0. The van der Waals surface area contributed by atoms with Crippen LogP contribution in [0.1, 0.15) is 32.6 Å². The lowest BCUT2D eigenvalue weighted by Gasteiger charge is -2.34. The van der Waals surface area contributed by atoms with Crippen LogP contribution < -0.4 is 5.73 Å². The van der Waals surface area contributed by atoms with Crippen molar-refractivity contribution in [3.05, 3.63) is 0 Å². The molecule has 1 aliphatic carbocycles. The highest BCUT2D eigenvalue weighted by atomic mass is 32.2. The van der Waals surface area contributed by atoms with Gasteiger partial charge in [0.2, 0.25) is 0 Å². The van der Waals surface area contributed by atoms with Gasteiger partial charge in [-0.05, 0) is 31.2 Å². The van der Waals surface area contributed by atoms with Gasteiger partial charge in [-0.15, -0.1) is 0 Å². The van der Waals surface area contributed by atoms with Crippen LogP contribution in [0, 0.1) is 11.8 Å². The average Bonchev–Trinajstić information content (AvgIpc) is 2.15. The molecule has 0 aromatic heterocycles. The molecular formula is C10H21NO2S. The first-order valence-electron chi connectivity index (χ1n) is 5.38. The first-order valence-corrected chi connectivity index (χ1v) is 7.33. The largest absolute Gasteiger partial charge is 0.330 e. The summed E-state index contributed by atoms with van der Waals surface area (Å²) in [5.74, 6) is 0.769. The SMILES string of the molecule is CCC1CCC(CN)C(S(C)(=O)=O)C1. The maximum Gasteiger partial charge on any atom is 0.150 e. The molecule has 0 spiro atoms. The fourth-order valence-corrected chi connectivity index (χ4v) is 4.01. The lowest BCUT2D eigenvalue weighted by Crippen LogP contribution is -2.39. The minimum absolute atomic E-state index is 0.188. The Labute approximate surface area is 87.0 Å². The van der Waals surface area contributed by atoms with Gasteiger partial charge in [0.25, 0.3) is 0 Å². The van der Waals surface area contributed by atoms with Crippen molar-refractivity contribution in [3.63, 3.8) is 0 Å². The molecule has 3 nitrogen and oxygen atoms in total.